The first-order valence-corrected chi connectivity index (χ1v) is 6.28. The van der Waals surface area contributed by atoms with Gasteiger partial charge in [0.1, 0.15) is 12.1 Å². The van der Waals surface area contributed by atoms with Crippen molar-refractivity contribution in [3.8, 4) is 0 Å². The van der Waals surface area contributed by atoms with Gasteiger partial charge in [0.2, 0.25) is 5.91 Å². The second-order valence-corrected chi connectivity index (χ2v) is 4.81. The number of hydrogen-bond donors (Lipinski definition) is 2. The third-order valence-corrected chi connectivity index (χ3v) is 3.42. The molecule has 0 aromatic carbocycles. The zero-order valence-corrected chi connectivity index (χ0v) is 10.8. The largest absolute Gasteiger partial charge is 0.480 e. The topological polar surface area (TPSA) is 101 Å². The predicted octanol–water partition coefficient (Wildman–Crippen LogP) is -0.114. The Morgan fingerprint density at radius 3 is 2.84 bits per heavy atom. The Morgan fingerprint density at radius 1 is 1.53 bits per heavy atom. The summed E-state index contributed by atoms with van der Waals surface area (Å²) >= 11 is 0. The molecule has 7 nitrogen and oxygen atoms in total. The lowest BCUT2D eigenvalue weighted by molar-refractivity contribution is -0.152. The summed E-state index contributed by atoms with van der Waals surface area (Å²) in [6, 6.07) is -1.61. The molecule has 0 spiro atoms. The zero-order chi connectivity index (χ0) is 14.0. The van der Waals surface area contributed by atoms with Crippen molar-refractivity contribution in [2.75, 3.05) is 6.54 Å². The fourth-order valence-corrected chi connectivity index (χ4v) is 2.37. The molecule has 0 saturated carbocycles. The molecular weight excluding hydrogens is 248 g/mol. The molecule has 1 aromatic rings. The summed E-state index contributed by atoms with van der Waals surface area (Å²) in [6.45, 7) is 0.448. The van der Waals surface area contributed by atoms with Crippen molar-refractivity contribution in [2.24, 2.45) is 12.8 Å². The molecule has 0 bridgehead atoms. The maximum absolute atomic E-state index is 12.3. The number of nitrogens with zero attached hydrogens (tertiary/aromatic N) is 3. The van der Waals surface area contributed by atoms with Crippen LogP contribution in [0.2, 0.25) is 0 Å². The molecule has 2 heterocycles. The third kappa shape index (κ3) is 2.76. The standard InChI is InChI=1S/C12H18N4O3/c1-15-7-8(6-14-15)10(13)11(17)16-5-3-2-4-9(16)12(18)19/h6-7,9-10H,2-5,13H2,1H3,(H,18,19). The summed E-state index contributed by atoms with van der Waals surface area (Å²) in [6.07, 6.45) is 5.32. The normalized spacial score (nSPS) is 21.2. The van der Waals surface area contributed by atoms with Crippen LogP contribution in [0.1, 0.15) is 30.9 Å². The van der Waals surface area contributed by atoms with Gasteiger partial charge in [-0.15, -0.1) is 0 Å². The van der Waals surface area contributed by atoms with E-state index in [2.05, 4.69) is 5.10 Å². The number of carboxylic acids is 1. The van der Waals surface area contributed by atoms with Gasteiger partial charge in [0.15, 0.2) is 0 Å². The summed E-state index contributed by atoms with van der Waals surface area (Å²) in [7, 11) is 1.74. The van der Waals surface area contributed by atoms with Gasteiger partial charge in [-0.2, -0.15) is 5.10 Å². The highest BCUT2D eigenvalue weighted by Crippen LogP contribution is 2.21. The van der Waals surface area contributed by atoms with Crippen molar-refractivity contribution in [1.82, 2.24) is 14.7 Å². The van der Waals surface area contributed by atoms with Crippen LogP contribution in [0.3, 0.4) is 0 Å². The summed E-state index contributed by atoms with van der Waals surface area (Å²) in [4.78, 5) is 24.9. The summed E-state index contributed by atoms with van der Waals surface area (Å²) in [5.74, 6) is -1.31. The molecule has 0 aliphatic carbocycles. The van der Waals surface area contributed by atoms with E-state index in [4.69, 9.17) is 10.8 Å². The van der Waals surface area contributed by atoms with Crippen molar-refractivity contribution in [3.63, 3.8) is 0 Å². The van der Waals surface area contributed by atoms with Gasteiger partial charge >= 0.3 is 5.97 Å². The maximum atomic E-state index is 12.3. The number of likely N-dealkylation sites (tertiary alicyclic amines) is 1. The van der Waals surface area contributed by atoms with Crippen molar-refractivity contribution in [2.45, 2.75) is 31.3 Å². The van der Waals surface area contributed by atoms with Crippen molar-refractivity contribution in [1.29, 1.82) is 0 Å². The lowest BCUT2D eigenvalue weighted by Gasteiger charge is -2.34. The minimum absolute atomic E-state index is 0.347. The molecule has 2 atom stereocenters. The highest BCUT2D eigenvalue weighted by molar-refractivity contribution is 5.87. The number of carboxylic acid groups (broad SMARTS) is 1. The molecule has 19 heavy (non-hydrogen) atoms. The molecule has 1 fully saturated rings. The van der Waals surface area contributed by atoms with Gasteiger partial charge in [-0.25, -0.2) is 4.79 Å². The van der Waals surface area contributed by atoms with Gasteiger partial charge in [-0.3, -0.25) is 9.48 Å². The lowest BCUT2D eigenvalue weighted by atomic mass is 10.00. The zero-order valence-electron chi connectivity index (χ0n) is 10.8. The van der Waals surface area contributed by atoms with E-state index in [1.165, 1.54) is 11.1 Å². The third-order valence-electron chi connectivity index (χ3n) is 3.42. The highest BCUT2D eigenvalue weighted by Gasteiger charge is 2.34. The second-order valence-electron chi connectivity index (χ2n) is 4.81. The minimum Gasteiger partial charge on any atom is -0.480 e. The van der Waals surface area contributed by atoms with Gasteiger partial charge in [0.25, 0.3) is 0 Å². The van der Waals surface area contributed by atoms with Gasteiger partial charge in [0.05, 0.1) is 6.20 Å². The van der Waals surface area contributed by atoms with Crippen LogP contribution >= 0.6 is 0 Å². The molecule has 1 aromatic heterocycles. The Balaban J connectivity index is 2.15. The summed E-state index contributed by atoms with van der Waals surface area (Å²) < 4.78 is 1.56. The van der Waals surface area contributed by atoms with Crippen molar-refractivity contribution >= 4 is 11.9 Å². The summed E-state index contributed by atoms with van der Waals surface area (Å²) in [5, 5.41) is 13.1. The Labute approximate surface area is 111 Å². The molecule has 1 aliphatic heterocycles. The van der Waals surface area contributed by atoms with Gasteiger partial charge < -0.3 is 15.7 Å². The summed E-state index contributed by atoms with van der Waals surface area (Å²) in [5.41, 5.74) is 6.51. The highest BCUT2D eigenvalue weighted by atomic mass is 16.4. The van der Waals surface area contributed by atoms with E-state index in [-0.39, 0.29) is 5.91 Å². The molecule has 1 aliphatic rings. The van der Waals surface area contributed by atoms with Gasteiger partial charge in [-0.1, -0.05) is 0 Å². The van der Waals surface area contributed by atoms with Crippen LogP contribution in [0.25, 0.3) is 0 Å². The van der Waals surface area contributed by atoms with E-state index in [1.54, 1.807) is 17.9 Å². The molecule has 7 heteroatoms. The molecular formula is C12H18N4O3. The molecule has 2 unspecified atom stereocenters. The number of hydrogen-bond acceptors (Lipinski definition) is 4. The SMILES string of the molecule is Cn1cc(C(N)C(=O)N2CCCCC2C(=O)O)cn1. The first kappa shape index (κ1) is 13.5. The number of amides is 1. The smallest absolute Gasteiger partial charge is 0.326 e. The first-order chi connectivity index (χ1) is 9.00. The first-order valence-electron chi connectivity index (χ1n) is 6.28. The fourth-order valence-electron chi connectivity index (χ4n) is 2.37. The number of carbonyl (C=O) groups is 2. The van der Waals surface area contributed by atoms with Gasteiger partial charge in [-0.05, 0) is 19.3 Å². The number of aryl methyl sites for hydroxylation is 1. The molecule has 0 radical (unpaired) electrons. The molecule has 2 rings (SSSR count). The number of aromatic nitrogens is 2. The van der Waals surface area contributed by atoms with E-state index >= 15 is 0 Å². The van der Waals surface area contributed by atoms with E-state index in [0.29, 0.717) is 18.5 Å². The molecule has 3 N–H and O–H groups in total. The minimum atomic E-state index is -0.966. The Morgan fingerprint density at radius 2 is 2.26 bits per heavy atom. The predicted molar refractivity (Wildman–Crippen MR) is 67.1 cm³/mol. The Bertz CT molecular complexity index is 485. The average molecular weight is 266 g/mol. The lowest BCUT2D eigenvalue weighted by Crippen LogP contribution is -2.50. The number of carbonyl (C=O) groups excluding carboxylic acids is 1. The van der Waals surface area contributed by atoms with Crippen LogP contribution in [-0.4, -0.2) is 44.3 Å². The second kappa shape index (κ2) is 5.40. The van der Waals surface area contributed by atoms with Crippen molar-refractivity contribution < 1.29 is 14.7 Å². The van der Waals surface area contributed by atoms with Gasteiger partial charge in [0, 0.05) is 25.4 Å². The van der Waals surface area contributed by atoms with E-state index < -0.39 is 18.1 Å². The van der Waals surface area contributed by atoms with E-state index in [1.807, 2.05) is 0 Å². The molecule has 104 valence electrons. The van der Waals surface area contributed by atoms with Crippen LogP contribution in [0.15, 0.2) is 12.4 Å². The average Bonchev–Trinajstić information content (AvgIpc) is 2.83. The number of nitrogens with two attached hydrogens (primary N) is 1. The van der Waals surface area contributed by atoms with Crippen LogP contribution in [0, 0.1) is 0 Å². The number of rotatable bonds is 3. The fraction of sp³-hybridized carbons (Fsp3) is 0.583. The Kier molecular flexibility index (Phi) is 3.84. The number of piperidine rings is 1. The monoisotopic (exact) mass is 266 g/mol. The molecule has 1 amide bonds. The van der Waals surface area contributed by atoms with Crippen LogP contribution in [0.5, 0.6) is 0 Å². The van der Waals surface area contributed by atoms with E-state index in [0.717, 1.165) is 12.8 Å². The van der Waals surface area contributed by atoms with Crippen LogP contribution in [0.4, 0.5) is 0 Å². The van der Waals surface area contributed by atoms with E-state index in [9.17, 15) is 9.59 Å². The van der Waals surface area contributed by atoms with Crippen LogP contribution < -0.4 is 5.73 Å². The number of aliphatic carboxylic acids is 1. The quantitative estimate of drug-likeness (QED) is 0.794. The molecule has 1 saturated heterocycles. The Hall–Kier alpha value is -1.89. The van der Waals surface area contributed by atoms with Crippen LogP contribution in [-0.2, 0) is 16.6 Å². The maximum Gasteiger partial charge on any atom is 0.326 e. The van der Waals surface area contributed by atoms with Crippen molar-refractivity contribution in [3.05, 3.63) is 18.0 Å².